The lowest BCUT2D eigenvalue weighted by Crippen LogP contribution is -2.14. The largest absolute Gasteiger partial charge is 0.508 e. The van der Waals surface area contributed by atoms with Gasteiger partial charge in [-0.2, -0.15) is 0 Å². The van der Waals surface area contributed by atoms with Crippen molar-refractivity contribution in [3.05, 3.63) is 58.6 Å². The summed E-state index contributed by atoms with van der Waals surface area (Å²) in [7, 11) is 0. The Morgan fingerprint density at radius 2 is 2.04 bits per heavy atom. The van der Waals surface area contributed by atoms with Crippen LogP contribution in [-0.4, -0.2) is 22.8 Å². The van der Waals surface area contributed by atoms with Crippen molar-refractivity contribution in [3.8, 4) is 11.5 Å². The van der Waals surface area contributed by atoms with E-state index < -0.39 is 11.9 Å². The molecule has 0 aliphatic heterocycles. The maximum Gasteiger partial charge on any atom is 0.311 e. The molecule has 122 valence electrons. The molecule has 5 heteroatoms. The Morgan fingerprint density at radius 3 is 2.65 bits per heavy atom. The molecule has 1 atom stereocenters. The molecule has 2 aromatic carbocycles. The first-order chi connectivity index (χ1) is 11.0. The van der Waals surface area contributed by atoms with E-state index in [4.69, 9.17) is 16.3 Å². The Kier molecular flexibility index (Phi) is 5.88. The van der Waals surface area contributed by atoms with Crippen LogP contribution in [0.3, 0.4) is 0 Å². The summed E-state index contributed by atoms with van der Waals surface area (Å²) in [4.78, 5) is 11.6. The summed E-state index contributed by atoms with van der Waals surface area (Å²) in [5.74, 6) is -1.05. The lowest BCUT2D eigenvalue weighted by atomic mass is 9.92. The van der Waals surface area contributed by atoms with Crippen molar-refractivity contribution in [1.82, 2.24) is 0 Å². The number of carbonyl (C=O) groups is 1. The molecule has 0 amide bonds. The summed E-state index contributed by atoms with van der Waals surface area (Å²) in [6.07, 6.45) is 1.17. The third kappa shape index (κ3) is 4.63. The second-order valence-electron chi connectivity index (χ2n) is 5.30. The molecule has 0 fully saturated rings. The van der Waals surface area contributed by atoms with Gasteiger partial charge in [-0.25, -0.2) is 0 Å². The Labute approximate surface area is 140 Å². The van der Waals surface area contributed by atoms with Gasteiger partial charge in [-0.1, -0.05) is 36.7 Å². The van der Waals surface area contributed by atoms with Crippen molar-refractivity contribution >= 4 is 17.6 Å². The average molecular weight is 335 g/mol. The summed E-state index contributed by atoms with van der Waals surface area (Å²) < 4.78 is 5.51. The number of ether oxygens (including phenoxy) is 1. The molecule has 0 radical (unpaired) electrons. The standard InChI is InChI=1S/C18H19ClO4/c1-2-8-23-17-7-6-12(10-16(17)19)9-15(18(21)22)13-4-3-5-14(20)11-13/h3-7,10-11,15,20H,2,8-9H2,1H3,(H,21,22). The molecule has 4 nitrogen and oxygen atoms in total. The monoisotopic (exact) mass is 334 g/mol. The highest BCUT2D eigenvalue weighted by molar-refractivity contribution is 6.32. The van der Waals surface area contributed by atoms with Crippen LogP contribution in [0.5, 0.6) is 11.5 Å². The smallest absolute Gasteiger partial charge is 0.311 e. The van der Waals surface area contributed by atoms with Gasteiger partial charge in [0.05, 0.1) is 17.5 Å². The van der Waals surface area contributed by atoms with Gasteiger partial charge in [-0.3, -0.25) is 4.79 Å². The van der Waals surface area contributed by atoms with E-state index in [0.29, 0.717) is 22.9 Å². The number of aromatic hydroxyl groups is 1. The minimum Gasteiger partial charge on any atom is -0.508 e. The van der Waals surface area contributed by atoms with Gasteiger partial charge in [0.2, 0.25) is 0 Å². The fraction of sp³-hybridized carbons (Fsp3) is 0.278. The molecule has 0 heterocycles. The molecule has 0 aromatic heterocycles. The molecular weight excluding hydrogens is 316 g/mol. The SMILES string of the molecule is CCCOc1ccc(CC(C(=O)O)c2cccc(O)c2)cc1Cl. The highest BCUT2D eigenvalue weighted by Gasteiger charge is 2.21. The van der Waals surface area contributed by atoms with Crippen LogP contribution in [0, 0.1) is 0 Å². The summed E-state index contributed by atoms with van der Waals surface area (Å²) in [5.41, 5.74) is 1.36. The van der Waals surface area contributed by atoms with Gasteiger partial charge < -0.3 is 14.9 Å². The van der Waals surface area contributed by atoms with E-state index in [1.54, 1.807) is 24.3 Å². The molecule has 2 aromatic rings. The average Bonchev–Trinajstić information content (AvgIpc) is 2.51. The number of benzene rings is 2. The third-order valence-corrected chi connectivity index (χ3v) is 3.76. The van der Waals surface area contributed by atoms with Crippen molar-refractivity contribution in [2.45, 2.75) is 25.7 Å². The molecule has 0 saturated carbocycles. The van der Waals surface area contributed by atoms with Crippen LogP contribution >= 0.6 is 11.6 Å². The van der Waals surface area contributed by atoms with Crippen molar-refractivity contribution < 1.29 is 19.7 Å². The summed E-state index contributed by atoms with van der Waals surface area (Å²) in [6, 6.07) is 11.6. The van der Waals surface area contributed by atoms with E-state index >= 15 is 0 Å². The zero-order valence-electron chi connectivity index (χ0n) is 12.8. The van der Waals surface area contributed by atoms with E-state index in [1.165, 1.54) is 12.1 Å². The van der Waals surface area contributed by atoms with Crippen LogP contribution in [-0.2, 0) is 11.2 Å². The second-order valence-corrected chi connectivity index (χ2v) is 5.71. The normalized spacial score (nSPS) is 11.9. The van der Waals surface area contributed by atoms with E-state index in [1.807, 2.05) is 13.0 Å². The first-order valence-corrected chi connectivity index (χ1v) is 7.82. The third-order valence-electron chi connectivity index (χ3n) is 3.47. The number of hydrogen-bond donors (Lipinski definition) is 2. The number of hydrogen-bond acceptors (Lipinski definition) is 3. The predicted molar refractivity (Wildman–Crippen MR) is 89.4 cm³/mol. The van der Waals surface area contributed by atoms with Gasteiger partial charge in [0.25, 0.3) is 0 Å². The highest BCUT2D eigenvalue weighted by atomic mass is 35.5. The molecule has 0 saturated heterocycles. The quantitative estimate of drug-likeness (QED) is 0.794. The van der Waals surface area contributed by atoms with E-state index in [0.717, 1.165) is 12.0 Å². The Hall–Kier alpha value is -2.20. The Balaban J connectivity index is 2.20. The summed E-state index contributed by atoms with van der Waals surface area (Å²) in [6.45, 7) is 2.59. The number of halogens is 1. The molecule has 2 N–H and O–H groups in total. The fourth-order valence-corrected chi connectivity index (χ4v) is 2.58. The zero-order chi connectivity index (χ0) is 16.8. The minimum atomic E-state index is -0.946. The molecular formula is C18H19ClO4. The fourth-order valence-electron chi connectivity index (χ4n) is 2.33. The van der Waals surface area contributed by atoms with Gasteiger partial charge in [0.1, 0.15) is 11.5 Å². The molecule has 0 spiro atoms. The maximum absolute atomic E-state index is 11.6. The van der Waals surface area contributed by atoms with Crippen molar-refractivity contribution in [1.29, 1.82) is 0 Å². The maximum atomic E-state index is 11.6. The Morgan fingerprint density at radius 1 is 1.26 bits per heavy atom. The van der Waals surface area contributed by atoms with E-state index in [2.05, 4.69) is 0 Å². The summed E-state index contributed by atoms with van der Waals surface area (Å²) >= 11 is 6.19. The number of rotatable bonds is 7. The van der Waals surface area contributed by atoms with Crippen LogP contribution < -0.4 is 4.74 Å². The van der Waals surface area contributed by atoms with Crippen molar-refractivity contribution in [2.24, 2.45) is 0 Å². The van der Waals surface area contributed by atoms with E-state index in [-0.39, 0.29) is 12.2 Å². The molecule has 0 aliphatic rings. The van der Waals surface area contributed by atoms with E-state index in [9.17, 15) is 15.0 Å². The number of phenols is 1. The van der Waals surface area contributed by atoms with Gasteiger partial charge in [0, 0.05) is 0 Å². The van der Waals surface area contributed by atoms with Crippen LogP contribution in [0.25, 0.3) is 0 Å². The highest BCUT2D eigenvalue weighted by Crippen LogP contribution is 2.29. The molecule has 0 bridgehead atoms. The van der Waals surface area contributed by atoms with Crippen molar-refractivity contribution in [3.63, 3.8) is 0 Å². The number of carboxylic acids is 1. The first kappa shape index (κ1) is 17.2. The van der Waals surface area contributed by atoms with Gasteiger partial charge in [-0.05, 0) is 48.2 Å². The molecule has 2 rings (SSSR count). The number of phenolic OH excluding ortho intramolecular Hbond substituents is 1. The van der Waals surface area contributed by atoms with Crippen LogP contribution in [0.1, 0.15) is 30.4 Å². The zero-order valence-corrected chi connectivity index (χ0v) is 13.6. The summed E-state index contributed by atoms with van der Waals surface area (Å²) in [5, 5.41) is 19.5. The lowest BCUT2D eigenvalue weighted by Gasteiger charge is -2.14. The minimum absolute atomic E-state index is 0.0510. The topological polar surface area (TPSA) is 66.8 Å². The molecule has 0 aliphatic carbocycles. The number of carboxylic acid groups (broad SMARTS) is 1. The van der Waals surface area contributed by atoms with Gasteiger partial charge in [-0.15, -0.1) is 0 Å². The Bertz CT molecular complexity index is 684. The van der Waals surface area contributed by atoms with Crippen LogP contribution in [0.15, 0.2) is 42.5 Å². The molecule has 23 heavy (non-hydrogen) atoms. The molecule has 1 unspecified atom stereocenters. The van der Waals surface area contributed by atoms with Crippen LogP contribution in [0.2, 0.25) is 5.02 Å². The lowest BCUT2D eigenvalue weighted by molar-refractivity contribution is -0.138. The number of aliphatic carboxylic acids is 1. The predicted octanol–water partition coefficient (Wildman–Crippen LogP) is 4.25. The van der Waals surface area contributed by atoms with Crippen LogP contribution in [0.4, 0.5) is 0 Å². The van der Waals surface area contributed by atoms with Gasteiger partial charge in [0.15, 0.2) is 0 Å². The first-order valence-electron chi connectivity index (χ1n) is 7.44. The second kappa shape index (κ2) is 7.88. The van der Waals surface area contributed by atoms with Gasteiger partial charge >= 0.3 is 5.97 Å². The van der Waals surface area contributed by atoms with Crippen molar-refractivity contribution in [2.75, 3.05) is 6.61 Å².